The first-order valence-corrected chi connectivity index (χ1v) is 15.4. The number of carbonyl (C=O) groups is 2. The highest BCUT2D eigenvalue weighted by Crippen LogP contribution is 2.20. The number of hydrogen-bond donors (Lipinski definition) is 2. The van der Waals surface area contributed by atoms with Crippen LogP contribution in [0.5, 0.6) is 0 Å². The molecule has 0 aromatic carbocycles. The molecule has 5 heteroatoms. The van der Waals surface area contributed by atoms with E-state index >= 15 is 0 Å². The van der Waals surface area contributed by atoms with Gasteiger partial charge >= 0.3 is 11.9 Å². The summed E-state index contributed by atoms with van der Waals surface area (Å²) in [7, 11) is 3.47. The molecule has 0 bridgehead atoms. The van der Waals surface area contributed by atoms with Gasteiger partial charge in [0.2, 0.25) is 0 Å². The van der Waals surface area contributed by atoms with E-state index in [1.165, 1.54) is 116 Å². The number of nitrogens with zero attached hydrogens (tertiary/aromatic N) is 1. The van der Waals surface area contributed by atoms with Crippen LogP contribution in [0.4, 0.5) is 0 Å². The van der Waals surface area contributed by atoms with E-state index in [0.29, 0.717) is 0 Å². The van der Waals surface area contributed by atoms with Crippen LogP contribution in [-0.4, -0.2) is 47.2 Å². The predicted octanol–water partition coefficient (Wildman–Crippen LogP) is 9.33. The quantitative estimate of drug-likeness (QED) is 0.119. The van der Waals surface area contributed by atoms with E-state index in [2.05, 4.69) is 13.8 Å². The van der Waals surface area contributed by atoms with Crippen LogP contribution in [0.2, 0.25) is 0 Å². The molecule has 1 atom stereocenters. The summed E-state index contributed by atoms with van der Waals surface area (Å²) >= 11 is 0. The monoisotopic (exact) mass is 513 g/mol. The van der Waals surface area contributed by atoms with E-state index in [4.69, 9.17) is 5.11 Å². The molecule has 0 aliphatic heterocycles. The third kappa shape index (κ3) is 27.5. The second-order valence-corrected chi connectivity index (χ2v) is 11.0. The minimum atomic E-state index is -0.782. The summed E-state index contributed by atoms with van der Waals surface area (Å²) < 4.78 is 0. The Balaban J connectivity index is 0. The van der Waals surface area contributed by atoms with E-state index in [-0.39, 0.29) is 12.0 Å². The summed E-state index contributed by atoms with van der Waals surface area (Å²) in [6, 6.07) is -0.380. The maximum absolute atomic E-state index is 11.5. The van der Waals surface area contributed by atoms with Crippen molar-refractivity contribution in [1.29, 1.82) is 0 Å². The molecule has 216 valence electrons. The van der Waals surface area contributed by atoms with Crippen LogP contribution in [0.15, 0.2) is 0 Å². The third-order valence-corrected chi connectivity index (χ3v) is 7.29. The van der Waals surface area contributed by atoms with Crippen LogP contribution >= 0.6 is 0 Å². The Morgan fingerprint density at radius 2 is 0.806 bits per heavy atom. The molecule has 0 rings (SSSR count). The van der Waals surface area contributed by atoms with E-state index in [9.17, 15) is 14.7 Å². The SMILES string of the molecule is CC(C(=O)O)N(C)C.CCCCCCCCCCCCC(CCCCCCCCCCCC)C(=O)O. The van der Waals surface area contributed by atoms with Crippen molar-refractivity contribution in [3.05, 3.63) is 0 Å². The van der Waals surface area contributed by atoms with Gasteiger partial charge in [-0.3, -0.25) is 14.5 Å². The summed E-state index contributed by atoms with van der Waals surface area (Å²) in [5, 5.41) is 17.8. The van der Waals surface area contributed by atoms with Crippen molar-refractivity contribution in [2.45, 2.75) is 168 Å². The second-order valence-electron chi connectivity index (χ2n) is 11.0. The summed E-state index contributed by atoms with van der Waals surface area (Å²) in [4.78, 5) is 23.2. The van der Waals surface area contributed by atoms with Gasteiger partial charge in [-0.15, -0.1) is 0 Å². The van der Waals surface area contributed by atoms with Crippen LogP contribution in [-0.2, 0) is 9.59 Å². The van der Waals surface area contributed by atoms with Crippen LogP contribution < -0.4 is 0 Å². The number of unbranched alkanes of at least 4 members (excludes halogenated alkanes) is 18. The predicted molar refractivity (Wildman–Crippen MR) is 155 cm³/mol. The first-order chi connectivity index (χ1) is 17.3. The zero-order chi connectivity index (χ0) is 27.4. The fourth-order valence-corrected chi connectivity index (χ4v) is 4.37. The Hall–Kier alpha value is -1.10. The maximum Gasteiger partial charge on any atom is 0.320 e. The molecule has 0 saturated heterocycles. The highest BCUT2D eigenvalue weighted by Gasteiger charge is 2.16. The van der Waals surface area contributed by atoms with Crippen molar-refractivity contribution >= 4 is 11.9 Å². The van der Waals surface area contributed by atoms with Crippen molar-refractivity contribution in [1.82, 2.24) is 4.90 Å². The number of hydrogen-bond acceptors (Lipinski definition) is 3. The highest BCUT2D eigenvalue weighted by molar-refractivity contribution is 5.72. The number of carboxylic acids is 2. The Labute approximate surface area is 224 Å². The average Bonchev–Trinajstić information content (AvgIpc) is 2.84. The van der Waals surface area contributed by atoms with Crippen molar-refractivity contribution < 1.29 is 19.8 Å². The fourth-order valence-electron chi connectivity index (χ4n) is 4.37. The summed E-state index contributed by atoms with van der Waals surface area (Å²) in [5.41, 5.74) is 0. The van der Waals surface area contributed by atoms with Crippen molar-refractivity contribution in [3.8, 4) is 0 Å². The largest absolute Gasteiger partial charge is 0.481 e. The van der Waals surface area contributed by atoms with Crippen LogP contribution in [0, 0.1) is 5.92 Å². The molecule has 0 aromatic rings. The minimum absolute atomic E-state index is 0.0944. The molecule has 5 nitrogen and oxygen atoms in total. The zero-order valence-electron chi connectivity index (χ0n) is 24.9. The smallest absolute Gasteiger partial charge is 0.320 e. The third-order valence-electron chi connectivity index (χ3n) is 7.29. The molecule has 0 radical (unpaired) electrons. The van der Waals surface area contributed by atoms with Gasteiger partial charge < -0.3 is 10.2 Å². The molecular formula is C31H63NO4. The second kappa shape index (κ2) is 28.5. The van der Waals surface area contributed by atoms with Gasteiger partial charge in [-0.25, -0.2) is 0 Å². The molecule has 0 spiro atoms. The lowest BCUT2D eigenvalue weighted by atomic mass is 9.94. The molecule has 0 saturated carbocycles. The molecule has 1 unspecified atom stereocenters. The highest BCUT2D eigenvalue weighted by atomic mass is 16.4. The summed E-state index contributed by atoms with van der Waals surface area (Å²) in [6.45, 7) is 6.17. The lowest BCUT2D eigenvalue weighted by Crippen LogP contribution is -2.32. The van der Waals surface area contributed by atoms with Gasteiger partial charge in [0, 0.05) is 0 Å². The number of aliphatic carboxylic acids is 2. The topological polar surface area (TPSA) is 77.8 Å². The van der Waals surface area contributed by atoms with Crippen LogP contribution in [0.1, 0.15) is 162 Å². The first kappa shape index (κ1) is 37.1. The first-order valence-electron chi connectivity index (χ1n) is 15.4. The van der Waals surface area contributed by atoms with Crippen molar-refractivity contribution in [2.75, 3.05) is 14.1 Å². The van der Waals surface area contributed by atoms with Gasteiger partial charge in [-0.1, -0.05) is 142 Å². The van der Waals surface area contributed by atoms with Crippen molar-refractivity contribution in [3.63, 3.8) is 0 Å². The molecule has 0 heterocycles. The van der Waals surface area contributed by atoms with Gasteiger partial charge in [0.1, 0.15) is 6.04 Å². The Bertz CT molecular complexity index is 457. The molecule has 0 aliphatic rings. The normalized spacial score (nSPS) is 12.0. The molecule has 0 fully saturated rings. The number of carboxylic acid groups (broad SMARTS) is 2. The van der Waals surface area contributed by atoms with E-state index in [1.807, 2.05) is 0 Å². The van der Waals surface area contributed by atoms with Crippen LogP contribution in [0.25, 0.3) is 0 Å². The van der Waals surface area contributed by atoms with Gasteiger partial charge in [-0.05, 0) is 33.9 Å². The van der Waals surface area contributed by atoms with Gasteiger partial charge in [-0.2, -0.15) is 0 Å². The molecule has 0 aliphatic carbocycles. The lowest BCUT2D eigenvalue weighted by molar-refractivity contribution is -0.143. The van der Waals surface area contributed by atoms with E-state index < -0.39 is 11.9 Å². The summed E-state index contributed by atoms with van der Waals surface area (Å²) in [5.74, 6) is -1.44. The van der Waals surface area contributed by atoms with Gasteiger partial charge in [0.25, 0.3) is 0 Å². The molecule has 2 N–H and O–H groups in total. The van der Waals surface area contributed by atoms with Crippen LogP contribution in [0.3, 0.4) is 0 Å². The number of likely N-dealkylation sites (N-methyl/N-ethyl adjacent to an activating group) is 1. The molecule has 36 heavy (non-hydrogen) atoms. The Morgan fingerprint density at radius 1 is 0.528 bits per heavy atom. The van der Waals surface area contributed by atoms with Gasteiger partial charge in [0.15, 0.2) is 0 Å². The van der Waals surface area contributed by atoms with Crippen molar-refractivity contribution in [2.24, 2.45) is 5.92 Å². The summed E-state index contributed by atoms with van der Waals surface area (Å²) in [6.07, 6.45) is 28.2. The molecular weight excluding hydrogens is 450 g/mol. The zero-order valence-corrected chi connectivity index (χ0v) is 24.9. The standard InChI is InChI=1S/C26H52O2.C5H11NO2/c1-3-5-7-9-11-13-15-17-19-21-23-25(26(27)28)24-22-20-18-16-14-12-10-8-6-4-2;1-4(5(7)8)6(2)3/h25H,3-24H2,1-2H3,(H,27,28);4H,1-3H3,(H,7,8). The number of rotatable bonds is 25. The van der Waals surface area contributed by atoms with E-state index in [0.717, 1.165) is 25.7 Å². The minimum Gasteiger partial charge on any atom is -0.481 e. The molecule has 0 aromatic heterocycles. The Kier molecular flexibility index (Phi) is 29.3. The maximum atomic E-state index is 11.5. The Morgan fingerprint density at radius 3 is 1.00 bits per heavy atom. The molecule has 0 amide bonds. The van der Waals surface area contributed by atoms with Gasteiger partial charge in [0.05, 0.1) is 5.92 Å². The lowest BCUT2D eigenvalue weighted by Gasteiger charge is -2.13. The average molecular weight is 514 g/mol. The van der Waals surface area contributed by atoms with E-state index in [1.54, 1.807) is 25.9 Å². The fraction of sp³-hybridized carbons (Fsp3) is 0.935.